The first kappa shape index (κ1) is 12.4. The monoisotopic (exact) mass is 267 g/mol. The molecule has 1 aromatic heterocycles. The van der Waals surface area contributed by atoms with Crippen molar-refractivity contribution in [3.8, 4) is 0 Å². The second-order valence-corrected chi connectivity index (χ2v) is 4.97. The number of rotatable bonds is 4. The first-order chi connectivity index (χ1) is 8.54. The van der Waals surface area contributed by atoms with Crippen LogP contribution in [0.1, 0.15) is 9.88 Å². The molecule has 0 radical (unpaired) electrons. The number of nitro benzene ring substituents is 1. The Morgan fingerprint density at radius 2 is 2.28 bits per heavy atom. The Morgan fingerprint density at radius 1 is 1.50 bits per heavy atom. The summed E-state index contributed by atoms with van der Waals surface area (Å²) in [6, 6.07) is 3.42. The van der Waals surface area contributed by atoms with E-state index in [0.717, 1.165) is 16.0 Å². The van der Waals surface area contributed by atoms with Gasteiger partial charge >= 0.3 is 0 Å². The number of halogens is 1. The highest BCUT2D eigenvalue weighted by Gasteiger charge is 2.09. The third-order valence-corrected chi connectivity index (χ3v) is 3.14. The molecule has 0 saturated carbocycles. The number of anilines is 1. The quantitative estimate of drug-likeness (QED) is 0.682. The minimum absolute atomic E-state index is 0.266. The smallest absolute Gasteiger partial charge is 0.274 e. The summed E-state index contributed by atoms with van der Waals surface area (Å²) in [6.45, 7) is 2.35. The summed E-state index contributed by atoms with van der Waals surface area (Å²) in [5, 5.41) is 14.5. The fraction of sp³-hybridized carbons (Fsp3) is 0.182. The maximum atomic E-state index is 13.2. The lowest BCUT2D eigenvalue weighted by Gasteiger charge is -2.04. The molecule has 0 unspecified atom stereocenters. The highest BCUT2D eigenvalue weighted by atomic mass is 32.1. The molecular weight excluding hydrogens is 257 g/mol. The average Bonchev–Trinajstić information content (AvgIpc) is 2.72. The standard InChI is InChI=1S/C11H10FN3O2S/c1-7-13-5-11(18-7)6-14-9-2-8(12)3-10(4-9)15(16)17/h2-5,14H,6H2,1H3. The van der Waals surface area contributed by atoms with E-state index in [1.807, 2.05) is 6.92 Å². The Hall–Kier alpha value is -2.02. The van der Waals surface area contributed by atoms with Crippen molar-refractivity contribution in [2.75, 3.05) is 5.32 Å². The van der Waals surface area contributed by atoms with Crippen LogP contribution in [0.15, 0.2) is 24.4 Å². The van der Waals surface area contributed by atoms with Crippen molar-refractivity contribution in [2.45, 2.75) is 13.5 Å². The SMILES string of the molecule is Cc1ncc(CNc2cc(F)cc([N+](=O)[O-])c2)s1. The number of nitrogens with one attached hydrogen (secondary N) is 1. The molecule has 1 aromatic carbocycles. The number of aromatic nitrogens is 1. The number of thiazole rings is 1. The Bertz CT molecular complexity index is 585. The molecule has 0 atom stereocenters. The highest BCUT2D eigenvalue weighted by Crippen LogP contribution is 2.21. The summed E-state index contributed by atoms with van der Waals surface area (Å²) >= 11 is 1.52. The average molecular weight is 267 g/mol. The minimum Gasteiger partial charge on any atom is -0.380 e. The number of nitro groups is 1. The molecule has 0 amide bonds. The van der Waals surface area contributed by atoms with Gasteiger partial charge in [0.05, 0.1) is 22.5 Å². The zero-order valence-corrected chi connectivity index (χ0v) is 10.3. The summed E-state index contributed by atoms with van der Waals surface area (Å²) in [5.41, 5.74) is 0.116. The summed E-state index contributed by atoms with van der Waals surface area (Å²) < 4.78 is 13.2. The number of hydrogen-bond donors (Lipinski definition) is 1. The molecule has 1 heterocycles. The minimum atomic E-state index is -0.632. The molecule has 0 aliphatic rings. The van der Waals surface area contributed by atoms with Gasteiger partial charge in [-0.25, -0.2) is 9.37 Å². The van der Waals surface area contributed by atoms with Crippen molar-refractivity contribution in [3.05, 3.63) is 50.2 Å². The molecule has 0 bridgehead atoms. The molecular formula is C11H10FN3O2S. The lowest BCUT2D eigenvalue weighted by atomic mass is 10.2. The van der Waals surface area contributed by atoms with Gasteiger partial charge in [0.15, 0.2) is 0 Å². The lowest BCUT2D eigenvalue weighted by molar-refractivity contribution is -0.385. The Morgan fingerprint density at radius 3 is 2.89 bits per heavy atom. The molecule has 2 rings (SSSR count). The largest absolute Gasteiger partial charge is 0.380 e. The van der Waals surface area contributed by atoms with Crippen LogP contribution in [0.5, 0.6) is 0 Å². The van der Waals surface area contributed by atoms with Gasteiger partial charge in [0, 0.05) is 22.8 Å². The summed E-state index contributed by atoms with van der Waals surface area (Å²) in [4.78, 5) is 15.0. The topological polar surface area (TPSA) is 68.1 Å². The predicted molar refractivity (Wildman–Crippen MR) is 67.2 cm³/mol. The number of non-ortho nitro benzene ring substituents is 1. The van der Waals surface area contributed by atoms with Gasteiger partial charge in [0.25, 0.3) is 5.69 Å². The first-order valence-electron chi connectivity index (χ1n) is 5.15. The van der Waals surface area contributed by atoms with Gasteiger partial charge in [-0.2, -0.15) is 0 Å². The molecule has 0 spiro atoms. The van der Waals surface area contributed by atoms with Gasteiger partial charge in [-0.3, -0.25) is 10.1 Å². The third-order valence-electron chi connectivity index (χ3n) is 2.23. The zero-order valence-electron chi connectivity index (χ0n) is 9.51. The number of hydrogen-bond acceptors (Lipinski definition) is 5. The normalized spacial score (nSPS) is 10.3. The molecule has 18 heavy (non-hydrogen) atoms. The molecule has 0 saturated heterocycles. The summed E-state index contributed by atoms with van der Waals surface area (Å²) in [5.74, 6) is -0.632. The van der Waals surface area contributed by atoms with Crippen molar-refractivity contribution in [3.63, 3.8) is 0 Å². The Labute approximate surface area is 106 Å². The van der Waals surface area contributed by atoms with Crippen LogP contribution < -0.4 is 5.32 Å². The first-order valence-corrected chi connectivity index (χ1v) is 5.96. The van der Waals surface area contributed by atoms with E-state index in [2.05, 4.69) is 10.3 Å². The fourth-order valence-corrected chi connectivity index (χ4v) is 2.19. The molecule has 2 aromatic rings. The van der Waals surface area contributed by atoms with E-state index in [4.69, 9.17) is 0 Å². The van der Waals surface area contributed by atoms with E-state index >= 15 is 0 Å². The molecule has 0 fully saturated rings. The van der Waals surface area contributed by atoms with Crippen molar-refractivity contribution >= 4 is 22.7 Å². The van der Waals surface area contributed by atoms with Crippen LogP contribution in [-0.4, -0.2) is 9.91 Å². The van der Waals surface area contributed by atoms with E-state index < -0.39 is 10.7 Å². The molecule has 0 aliphatic heterocycles. The van der Waals surface area contributed by atoms with E-state index in [9.17, 15) is 14.5 Å². The molecule has 5 nitrogen and oxygen atoms in total. The van der Waals surface area contributed by atoms with E-state index in [-0.39, 0.29) is 5.69 Å². The molecule has 1 N–H and O–H groups in total. The van der Waals surface area contributed by atoms with Crippen molar-refractivity contribution < 1.29 is 9.31 Å². The van der Waals surface area contributed by atoms with Gasteiger partial charge in [0.2, 0.25) is 0 Å². The van der Waals surface area contributed by atoms with Gasteiger partial charge in [-0.05, 0) is 13.0 Å². The number of benzene rings is 1. The van der Waals surface area contributed by atoms with E-state index in [1.54, 1.807) is 6.20 Å². The van der Waals surface area contributed by atoms with Gasteiger partial charge < -0.3 is 5.32 Å². The van der Waals surface area contributed by atoms with Crippen molar-refractivity contribution in [1.82, 2.24) is 4.98 Å². The molecule has 0 aliphatic carbocycles. The van der Waals surface area contributed by atoms with Gasteiger partial charge in [-0.1, -0.05) is 0 Å². The summed E-state index contributed by atoms with van der Waals surface area (Å²) in [7, 11) is 0. The molecule has 94 valence electrons. The zero-order chi connectivity index (χ0) is 13.1. The molecule has 7 heteroatoms. The Kier molecular flexibility index (Phi) is 3.52. The van der Waals surface area contributed by atoms with Crippen LogP contribution in [0.25, 0.3) is 0 Å². The predicted octanol–water partition coefficient (Wildman–Crippen LogP) is 3.11. The summed E-state index contributed by atoms with van der Waals surface area (Å²) in [6.07, 6.45) is 1.72. The van der Waals surface area contributed by atoms with Crippen LogP contribution >= 0.6 is 11.3 Å². The second kappa shape index (κ2) is 5.09. The van der Waals surface area contributed by atoms with Gasteiger partial charge in [-0.15, -0.1) is 11.3 Å². The van der Waals surface area contributed by atoms with Crippen molar-refractivity contribution in [2.24, 2.45) is 0 Å². The van der Waals surface area contributed by atoms with E-state index in [0.29, 0.717) is 12.2 Å². The van der Waals surface area contributed by atoms with Crippen molar-refractivity contribution in [1.29, 1.82) is 0 Å². The van der Waals surface area contributed by atoms with Crippen LogP contribution in [0.4, 0.5) is 15.8 Å². The maximum Gasteiger partial charge on any atom is 0.274 e. The Balaban J connectivity index is 2.11. The number of nitrogens with zero attached hydrogens (tertiary/aromatic N) is 2. The van der Waals surface area contributed by atoms with Gasteiger partial charge in [0.1, 0.15) is 5.82 Å². The second-order valence-electron chi connectivity index (χ2n) is 3.65. The number of aryl methyl sites for hydroxylation is 1. The van der Waals surface area contributed by atoms with Crippen LogP contribution in [0.3, 0.4) is 0 Å². The third kappa shape index (κ3) is 3.01. The maximum absolute atomic E-state index is 13.2. The lowest BCUT2D eigenvalue weighted by Crippen LogP contribution is -1.99. The highest BCUT2D eigenvalue weighted by molar-refractivity contribution is 7.11. The van der Waals surface area contributed by atoms with E-state index in [1.165, 1.54) is 23.5 Å². The van der Waals surface area contributed by atoms with Crippen LogP contribution in [0, 0.1) is 22.9 Å². The van der Waals surface area contributed by atoms with Crippen LogP contribution in [-0.2, 0) is 6.54 Å². The fourth-order valence-electron chi connectivity index (χ4n) is 1.46. The van der Waals surface area contributed by atoms with Crippen LogP contribution in [0.2, 0.25) is 0 Å².